The quantitative estimate of drug-likeness (QED) is 0.551. The SMILES string of the molecule is CC(=O)/C=C(\O)c1cn(Cc2ccccc2)c2ccc(Cl)cc12. The fraction of sp³-hybridized carbons (Fsp3) is 0.105. The minimum Gasteiger partial charge on any atom is -0.507 e. The second-order valence-corrected chi connectivity index (χ2v) is 5.89. The maximum atomic E-state index is 11.3. The van der Waals surface area contributed by atoms with Crippen molar-refractivity contribution in [1.82, 2.24) is 4.57 Å². The number of ketones is 1. The van der Waals surface area contributed by atoms with Crippen LogP contribution in [0.4, 0.5) is 0 Å². The summed E-state index contributed by atoms with van der Waals surface area (Å²) in [5.74, 6) is -0.245. The fourth-order valence-corrected chi connectivity index (χ4v) is 2.83. The van der Waals surface area contributed by atoms with E-state index in [4.69, 9.17) is 11.6 Å². The molecule has 116 valence electrons. The van der Waals surface area contributed by atoms with Gasteiger partial charge in [-0.3, -0.25) is 4.79 Å². The Balaban J connectivity index is 2.14. The van der Waals surface area contributed by atoms with Gasteiger partial charge < -0.3 is 9.67 Å². The van der Waals surface area contributed by atoms with E-state index in [1.165, 1.54) is 13.0 Å². The van der Waals surface area contributed by atoms with E-state index in [1.54, 1.807) is 6.07 Å². The highest BCUT2D eigenvalue weighted by atomic mass is 35.5. The minimum absolute atomic E-state index is 0.0448. The van der Waals surface area contributed by atoms with E-state index in [0.29, 0.717) is 17.1 Å². The molecule has 1 heterocycles. The van der Waals surface area contributed by atoms with Crippen LogP contribution in [-0.4, -0.2) is 15.5 Å². The van der Waals surface area contributed by atoms with Gasteiger partial charge in [-0.2, -0.15) is 0 Å². The molecule has 0 spiro atoms. The second kappa shape index (κ2) is 6.31. The minimum atomic E-state index is -0.200. The number of aromatic nitrogens is 1. The van der Waals surface area contributed by atoms with E-state index in [0.717, 1.165) is 16.5 Å². The molecule has 0 saturated carbocycles. The molecule has 0 amide bonds. The Hall–Kier alpha value is -2.52. The molecule has 3 aromatic rings. The number of benzene rings is 2. The van der Waals surface area contributed by atoms with Crippen molar-refractivity contribution in [2.75, 3.05) is 0 Å². The van der Waals surface area contributed by atoms with Crippen molar-refractivity contribution in [1.29, 1.82) is 0 Å². The third-order valence-corrected chi connectivity index (χ3v) is 3.89. The van der Waals surface area contributed by atoms with Gasteiger partial charge in [-0.25, -0.2) is 0 Å². The highest BCUT2D eigenvalue weighted by molar-refractivity contribution is 6.31. The molecule has 1 aromatic heterocycles. The van der Waals surface area contributed by atoms with Gasteiger partial charge in [0.1, 0.15) is 5.76 Å². The second-order valence-electron chi connectivity index (χ2n) is 5.46. The third kappa shape index (κ3) is 3.30. The third-order valence-electron chi connectivity index (χ3n) is 3.65. The van der Waals surface area contributed by atoms with E-state index in [1.807, 2.05) is 53.2 Å². The van der Waals surface area contributed by atoms with Gasteiger partial charge in [-0.05, 0) is 30.7 Å². The first-order valence-corrected chi connectivity index (χ1v) is 7.66. The zero-order chi connectivity index (χ0) is 16.4. The topological polar surface area (TPSA) is 42.2 Å². The molecule has 3 nitrogen and oxygen atoms in total. The van der Waals surface area contributed by atoms with Crippen LogP contribution in [0.25, 0.3) is 16.7 Å². The Kier molecular flexibility index (Phi) is 4.22. The summed E-state index contributed by atoms with van der Waals surface area (Å²) >= 11 is 6.09. The predicted octanol–water partition coefficient (Wildman–Crippen LogP) is 4.83. The predicted molar refractivity (Wildman–Crippen MR) is 93.8 cm³/mol. The molecule has 0 aliphatic carbocycles. The molecule has 3 rings (SSSR count). The molecule has 4 heteroatoms. The smallest absolute Gasteiger partial charge is 0.156 e. The number of rotatable bonds is 4. The number of halogens is 1. The molecule has 0 bridgehead atoms. The molecule has 0 unspecified atom stereocenters. The number of aliphatic hydroxyl groups excluding tert-OH is 1. The first-order chi connectivity index (χ1) is 11.0. The Morgan fingerprint density at radius 2 is 1.96 bits per heavy atom. The summed E-state index contributed by atoms with van der Waals surface area (Å²) < 4.78 is 2.04. The molecule has 23 heavy (non-hydrogen) atoms. The fourth-order valence-electron chi connectivity index (χ4n) is 2.65. The summed E-state index contributed by atoms with van der Waals surface area (Å²) in [5.41, 5.74) is 2.71. The van der Waals surface area contributed by atoms with Crippen LogP contribution < -0.4 is 0 Å². The van der Waals surface area contributed by atoms with Gasteiger partial charge in [0, 0.05) is 40.3 Å². The first kappa shape index (κ1) is 15.4. The molecular weight excluding hydrogens is 310 g/mol. The van der Waals surface area contributed by atoms with E-state index in [9.17, 15) is 9.90 Å². The number of carbonyl (C=O) groups is 1. The molecule has 0 aliphatic rings. The number of nitrogens with zero attached hydrogens (tertiary/aromatic N) is 1. The zero-order valence-corrected chi connectivity index (χ0v) is 13.4. The van der Waals surface area contributed by atoms with E-state index < -0.39 is 0 Å². The van der Waals surface area contributed by atoms with Crippen LogP contribution in [0, 0.1) is 0 Å². The molecule has 0 saturated heterocycles. The van der Waals surface area contributed by atoms with Crippen LogP contribution in [0.1, 0.15) is 18.1 Å². The van der Waals surface area contributed by atoms with Crippen molar-refractivity contribution >= 4 is 34.0 Å². The van der Waals surface area contributed by atoms with Crippen LogP contribution in [0.5, 0.6) is 0 Å². The first-order valence-electron chi connectivity index (χ1n) is 7.28. The van der Waals surface area contributed by atoms with Crippen molar-refractivity contribution in [3.63, 3.8) is 0 Å². The zero-order valence-electron chi connectivity index (χ0n) is 12.7. The Morgan fingerprint density at radius 3 is 2.65 bits per heavy atom. The Bertz CT molecular complexity index is 894. The summed E-state index contributed by atoms with van der Waals surface area (Å²) in [6.07, 6.45) is 3.07. The number of allylic oxidation sites excluding steroid dienone is 1. The summed E-state index contributed by atoms with van der Waals surface area (Å²) in [6.45, 7) is 2.08. The van der Waals surface area contributed by atoms with Crippen molar-refractivity contribution in [3.05, 3.63) is 77.0 Å². The molecular formula is C19H16ClNO2. The average molecular weight is 326 g/mol. The lowest BCUT2D eigenvalue weighted by molar-refractivity contribution is -0.112. The van der Waals surface area contributed by atoms with E-state index >= 15 is 0 Å². The maximum absolute atomic E-state index is 11.3. The van der Waals surface area contributed by atoms with Gasteiger partial charge in [0.05, 0.1) is 0 Å². The highest BCUT2D eigenvalue weighted by Gasteiger charge is 2.13. The van der Waals surface area contributed by atoms with Crippen LogP contribution in [0.15, 0.2) is 60.8 Å². The molecule has 0 radical (unpaired) electrons. The molecule has 0 fully saturated rings. The van der Waals surface area contributed by atoms with Crippen LogP contribution in [0.3, 0.4) is 0 Å². The largest absolute Gasteiger partial charge is 0.507 e. The van der Waals surface area contributed by atoms with E-state index in [-0.39, 0.29) is 11.5 Å². The standard InChI is InChI=1S/C19H16ClNO2/c1-13(22)9-19(23)17-12-21(11-14-5-3-2-4-6-14)18-8-7-15(20)10-16(17)18/h2-10,12,23H,11H2,1H3/b19-9-. The highest BCUT2D eigenvalue weighted by Crippen LogP contribution is 2.29. The van der Waals surface area contributed by atoms with Gasteiger partial charge in [-0.1, -0.05) is 41.9 Å². The number of fused-ring (bicyclic) bond motifs is 1. The molecule has 2 aromatic carbocycles. The summed E-state index contributed by atoms with van der Waals surface area (Å²) in [5, 5.41) is 11.7. The molecule has 0 atom stereocenters. The maximum Gasteiger partial charge on any atom is 0.156 e. The lowest BCUT2D eigenvalue weighted by Crippen LogP contribution is -1.97. The Morgan fingerprint density at radius 1 is 1.22 bits per heavy atom. The average Bonchev–Trinajstić information content (AvgIpc) is 2.85. The van der Waals surface area contributed by atoms with Gasteiger partial charge in [0.15, 0.2) is 5.78 Å². The van der Waals surface area contributed by atoms with E-state index in [2.05, 4.69) is 0 Å². The van der Waals surface area contributed by atoms with Gasteiger partial charge in [0.25, 0.3) is 0 Å². The number of hydrogen-bond acceptors (Lipinski definition) is 2. The Labute approximate surface area is 139 Å². The monoisotopic (exact) mass is 325 g/mol. The number of hydrogen-bond donors (Lipinski definition) is 1. The normalized spacial score (nSPS) is 11.8. The summed E-state index contributed by atoms with van der Waals surface area (Å²) in [7, 11) is 0. The number of carbonyl (C=O) groups excluding carboxylic acids is 1. The van der Waals surface area contributed by atoms with Crippen molar-refractivity contribution in [2.45, 2.75) is 13.5 Å². The van der Waals surface area contributed by atoms with Gasteiger partial charge >= 0.3 is 0 Å². The van der Waals surface area contributed by atoms with Crippen LogP contribution in [0.2, 0.25) is 5.02 Å². The molecule has 0 aliphatic heterocycles. The van der Waals surface area contributed by atoms with Gasteiger partial charge in [-0.15, -0.1) is 0 Å². The van der Waals surface area contributed by atoms with Crippen molar-refractivity contribution < 1.29 is 9.90 Å². The van der Waals surface area contributed by atoms with Crippen LogP contribution in [-0.2, 0) is 11.3 Å². The lowest BCUT2D eigenvalue weighted by atomic mass is 10.1. The lowest BCUT2D eigenvalue weighted by Gasteiger charge is -2.05. The summed E-state index contributed by atoms with van der Waals surface area (Å²) in [6, 6.07) is 15.6. The number of aliphatic hydroxyl groups is 1. The van der Waals surface area contributed by atoms with Crippen molar-refractivity contribution in [3.8, 4) is 0 Å². The molecule has 1 N–H and O–H groups in total. The van der Waals surface area contributed by atoms with Gasteiger partial charge in [0.2, 0.25) is 0 Å². The van der Waals surface area contributed by atoms with Crippen LogP contribution >= 0.6 is 11.6 Å². The summed E-state index contributed by atoms with van der Waals surface area (Å²) in [4.78, 5) is 11.3. The van der Waals surface area contributed by atoms with Crippen molar-refractivity contribution in [2.24, 2.45) is 0 Å².